The standard InChI is InChI=1S/C24H24N2O3/c1-16-12-13-21-19(14-16)23(18-10-6-7-11-20(18)25-21)24(28)29-15-22(27)26(2)17-8-4-3-5-9-17/h3-11,16H,12-15H2,1-2H3/t16-/m0/s1. The third kappa shape index (κ3) is 3.86. The van der Waals surface area contributed by atoms with E-state index >= 15 is 0 Å². The maximum atomic E-state index is 13.1. The summed E-state index contributed by atoms with van der Waals surface area (Å²) in [7, 11) is 1.68. The second-order valence-electron chi connectivity index (χ2n) is 7.64. The summed E-state index contributed by atoms with van der Waals surface area (Å²) in [4.78, 5) is 31.9. The Morgan fingerprint density at radius 3 is 2.62 bits per heavy atom. The minimum atomic E-state index is -0.455. The predicted octanol–water partition coefficient (Wildman–Crippen LogP) is 4.18. The van der Waals surface area contributed by atoms with Crippen molar-refractivity contribution in [3.05, 3.63) is 71.4 Å². The molecule has 4 rings (SSSR count). The van der Waals surface area contributed by atoms with Crippen LogP contribution >= 0.6 is 0 Å². The highest BCUT2D eigenvalue weighted by Crippen LogP contribution is 2.32. The molecule has 1 heterocycles. The van der Waals surface area contributed by atoms with Crippen molar-refractivity contribution in [2.45, 2.75) is 26.2 Å². The van der Waals surface area contributed by atoms with E-state index in [4.69, 9.17) is 9.72 Å². The first-order valence-corrected chi connectivity index (χ1v) is 9.94. The largest absolute Gasteiger partial charge is 0.452 e. The average molecular weight is 388 g/mol. The van der Waals surface area contributed by atoms with Crippen molar-refractivity contribution in [2.75, 3.05) is 18.6 Å². The number of aromatic nitrogens is 1. The van der Waals surface area contributed by atoms with E-state index in [9.17, 15) is 9.59 Å². The molecule has 1 aliphatic rings. The Balaban J connectivity index is 1.60. The molecule has 5 nitrogen and oxygen atoms in total. The van der Waals surface area contributed by atoms with Crippen LogP contribution in [-0.2, 0) is 22.4 Å². The van der Waals surface area contributed by atoms with Crippen LogP contribution in [0.25, 0.3) is 10.9 Å². The van der Waals surface area contributed by atoms with E-state index in [1.807, 2.05) is 54.6 Å². The molecule has 0 saturated carbocycles. The van der Waals surface area contributed by atoms with E-state index in [0.29, 0.717) is 11.5 Å². The number of pyridine rings is 1. The van der Waals surface area contributed by atoms with Crippen molar-refractivity contribution in [2.24, 2.45) is 5.92 Å². The molecule has 3 aromatic rings. The summed E-state index contributed by atoms with van der Waals surface area (Å²) in [5.41, 5.74) is 4.06. The lowest BCUT2D eigenvalue weighted by Crippen LogP contribution is -2.31. The first-order chi connectivity index (χ1) is 14.0. The highest BCUT2D eigenvalue weighted by atomic mass is 16.5. The number of hydrogen-bond acceptors (Lipinski definition) is 4. The van der Waals surface area contributed by atoms with E-state index in [1.54, 1.807) is 7.05 Å². The minimum Gasteiger partial charge on any atom is -0.452 e. The van der Waals surface area contributed by atoms with Crippen LogP contribution < -0.4 is 4.90 Å². The van der Waals surface area contributed by atoms with Gasteiger partial charge in [0.1, 0.15) is 0 Å². The van der Waals surface area contributed by atoms with Crippen LogP contribution in [0, 0.1) is 5.92 Å². The fourth-order valence-electron chi connectivity index (χ4n) is 3.89. The van der Waals surface area contributed by atoms with Crippen molar-refractivity contribution >= 4 is 28.5 Å². The topological polar surface area (TPSA) is 59.5 Å². The number of para-hydroxylation sites is 2. The molecule has 0 saturated heterocycles. The molecule has 0 N–H and O–H groups in total. The van der Waals surface area contributed by atoms with Gasteiger partial charge in [-0.1, -0.05) is 43.3 Å². The number of carbonyl (C=O) groups excluding carboxylic acids is 2. The van der Waals surface area contributed by atoms with E-state index < -0.39 is 5.97 Å². The number of amides is 1. The highest BCUT2D eigenvalue weighted by molar-refractivity contribution is 6.06. The Morgan fingerprint density at radius 2 is 1.83 bits per heavy atom. The molecule has 0 fully saturated rings. The molecular weight excluding hydrogens is 364 g/mol. The van der Waals surface area contributed by atoms with Gasteiger partial charge in [0.25, 0.3) is 5.91 Å². The number of ether oxygens (including phenoxy) is 1. The van der Waals surface area contributed by atoms with Crippen molar-refractivity contribution in [3.63, 3.8) is 0 Å². The van der Waals surface area contributed by atoms with E-state index in [0.717, 1.165) is 47.1 Å². The summed E-state index contributed by atoms with van der Waals surface area (Å²) in [6, 6.07) is 16.9. The molecule has 148 valence electrons. The minimum absolute atomic E-state index is 0.273. The van der Waals surface area contributed by atoms with Crippen LogP contribution in [0.1, 0.15) is 35.0 Å². The molecule has 5 heteroatoms. The number of likely N-dealkylation sites (N-methyl/N-ethyl adjacent to an activating group) is 1. The van der Waals surface area contributed by atoms with Crippen LogP contribution in [0.3, 0.4) is 0 Å². The molecule has 0 bridgehead atoms. The molecule has 0 spiro atoms. The lowest BCUT2D eigenvalue weighted by molar-refractivity contribution is -0.121. The van der Waals surface area contributed by atoms with Gasteiger partial charge >= 0.3 is 5.97 Å². The van der Waals surface area contributed by atoms with Gasteiger partial charge in [-0.25, -0.2) is 4.79 Å². The fraction of sp³-hybridized carbons (Fsp3) is 0.292. The van der Waals surface area contributed by atoms with Gasteiger partial charge in [0.2, 0.25) is 0 Å². The maximum Gasteiger partial charge on any atom is 0.339 e. The Morgan fingerprint density at radius 1 is 1.10 bits per heavy atom. The normalized spacial score (nSPS) is 15.6. The van der Waals surface area contributed by atoms with Crippen molar-refractivity contribution in [3.8, 4) is 0 Å². The number of carbonyl (C=O) groups is 2. The van der Waals surface area contributed by atoms with Gasteiger partial charge in [-0.05, 0) is 48.9 Å². The second-order valence-corrected chi connectivity index (χ2v) is 7.64. The Hall–Kier alpha value is -3.21. The highest BCUT2D eigenvalue weighted by Gasteiger charge is 2.26. The lowest BCUT2D eigenvalue weighted by atomic mass is 9.84. The van der Waals surface area contributed by atoms with Gasteiger partial charge in [0.05, 0.1) is 11.1 Å². The number of nitrogens with zero attached hydrogens (tertiary/aromatic N) is 2. The molecule has 1 atom stereocenters. The molecule has 1 aliphatic carbocycles. The molecule has 2 aromatic carbocycles. The van der Waals surface area contributed by atoms with Crippen molar-refractivity contribution in [1.82, 2.24) is 4.98 Å². The van der Waals surface area contributed by atoms with Gasteiger partial charge in [-0.3, -0.25) is 9.78 Å². The first kappa shape index (κ1) is 19.1. The zero-order valence-electron chi connectivity index (χ0n) is 16.7. The van der Waals surface area contributed by atoms with Gasteiger partial charge < -0.3 is 9.64 Å². The van der Waals surface area contributed by atoms with Crippen molar-refractivity contribution in [1.29, 1.82) is 0 Å². The number of anilines is 1. The smallest absolute Gasteiger partial charge is 0.339 e. The number of esters is 1. The van der Waals surface area contributed by atoms with Crippen LogP contribution in [0.4, 0.5) is 5.69 Å². The number of aryl methyl sites for hydroxylation is 1. The quantitative estimate of drug-likeness (QED) is 0.629. The van der Waals surface area contributed by atoms with Gasteiger partial charge in [-0.15, -0.1) is 0 Å². The summed E-state index contributed by atoms with van der Waals surface area (Å²) in [5, 5.41) is 0.786. The molecular formula is C24H24N2O3. The molecule has 0 unspecified atom stereocenters. The van der Waals surface area contributed by atoms with E-state index in [1.165, 1.54) is 4.90 Å². The van der Waals surface area contributed by atoms with Gasteiger partial charge in [-0.2, -0.15) is 0 Å². The third-order valence-corrected chi connectivity index (χ3v) is 5.55. The second kappa shape index (κ2) is 8.03. The van der Waals surface area contributed by atoms with Crippen LogP contribution in [0.15, 0.2) is 54.6 Å². The number of hydrogen-bond donors (Lipinski definition) is 0. The SMILES string of the molecule is C[C@H]1CCc2nc3ccccc3c(C(=O)OCC(=O)N(C)c3ccccc3)c2C1. The summed E-state index contributed by atoms with van der Waals surface area (Å²) >= 11 is 0. The third-order valence-electron chi connectivity index (χ3n) is 5.55. The average Bonchev–Trinajstić information content (AvgIpc) is 2.75. The van der Waals surface area contributed by atoms with Gasteiger partial charge in [0.15, 0.2) is 6.61 Å². The zero-order chi connectivity index (χ0) is 20.4. The van der Waals surface area contributed by atoms with E-state index in [2.05, 4.69) is 6.92 Å². The summed E-state index contributed by atoms with van der Waals surface area (Å²) in [6.45, 7) is 1.89. The Kier molecular flexibility index (Phi) is 5.30. The van der Waals surface area contributed by atoms with Crippen LogP contribution in [0.2, 0.25) is 0 Å². The maximum absolute atomic E-state index is 13.1. The van der Waals surface area contributed by atoms with Crippen LogP contribution in [-0.4, -0.2) is 30.5 Å². The lowest BCUT2D eigenvalue weighted by Gasteiger charge is -2.24. The van der Waals surface area contributed by atoms with Gasteiger partial charge in [0, 0.05) is 23.8 Å². The summed E-state index contributed by atoms with van der Waals surface area (Å²) < 4.78 is 5.48. The summed E-state index contributed by atoms with van der Waals surface area (Å²) in [5.74, 6) is -0.239. The van der Waals surface area contributed by atoms with E-state index in [-0.39, 0.29) is 12.5 Å². The molecule has 0 radical (unpaired) electrons. The fourth-order valence-corrected chi connectivity index (χ4v) is 3.89. The number of rotatable bonds is 4. The summed E-state index contributed by atoms with van der Waals surface area (Å²) in [6.07, 6.45) is 2.72. The Labute approximate surface area is 170 Å². The number of fused-ring (bicyclic) bond motifs is 2. The first-order valence-electron chi connectivity index (χ1n) is 9.94. The molecule has 0 aliphatic heterocycles. The molecule has 29 heavy (non-hydrogen) atoms. The predicted molar refractivity (Wildman–Crippen MR) is 113 cm³/mol. The molecule has 1 aromatic heterocycles. The number of benzene rings is 2. The zero-order valence-corrected chi connectivity index (χ0v) is 16.7. The Bertz CT molecular complexity index is 1060. The van der Waals surface area contributed by atoms with Crippen LogP contribution in [0.5, 0.6) is 0 Å². The monoisotopic (exact) mass is 388 g/mol. The van der Waals surface area contributed by atoms with Crippen molar-refractivity contribution < 1.29 is 14.3 Å². The molecule has 1 amide bonds.